The molecule has 0 aromatic rings. The quantitative estimate of drug-likeness (QED) is 0.0363. The lowest BCUT2D eigenvalue weighted by atomic mass is 9.99. The summed E-state index contributed by atoms with van der Waals surface area (Å²) in [5.74, 6) is 0. The minimum absolute atomic E-state index is 0.865. The fourth-order valence-electron chi connectivity index (χ4n) is 9.26. The summed E-state index contributed by atoms with van der Waals surface area (Å²) in [6.07, 6.45) is -64.0. The molecule has 0 aromatic heterocycles. The van der Waals surface area contributed by atoms with Crippen LogP contribution < -0.4 is 0 Å². The first-order chi connectivity index (χ1) is 36.8. The second kappa shape index (κ2) is 28.9. The number of hydrogen-bond donors (Lipinski definition) is 24. The molecule has 6 fully saturated rings. The van der Waals surface area contributed by atoms with Gasteiger partial charge in [0, 0.05) is 0 Å². The topological polar surface area (TPSA) is 596 Å². The van der Waals surface area contributed by atoms with Crippen LogP contribution in [0.5, 0.6) is 0 Å². The van der Waals surface area contributed by atoms with Crippen LogP contribution in [0.2, 0.25) is 0 Å². The zero-order chi connectivity index (χ0) is 57.8. The highest BCUT2D eigenvalue weighted by Gasteiger charge is 2.57. The van der Waals surface area contributed by atoms with E-state index in [-0.39, 0.29) is 0 Å². The SMILES string of the molecule is OC[C@@H](O)[C@@H]1O[C@@H](OC[C@@H](O)[C@@H]2O[C@@H](OC[C@@H](O)[C@@H]3O[C@@H](OC[C@@H](O)[C@@H]4O[C@@H](OC[C@@H](O)[C@H](O)[C@H](O)[C@@H](O)CO)[C@H](O)[C@H]4O)[C@H](O)[C@H]3O)[C@H](O[C@H]3O[C@H](CO)[C@@H](O)[C@H](O)[C@H]3O)[C@H]2O)[C@H](O[C@H]2O[C@H](CO)[C@@H](O)[C@H](O)[C@H]2O)[C@H]1O. The summed E-state index contributed by atoms with van der Waals surface area (Å²) in [6.45, 7) is -7.41. The average Bonchev–Trinajstić information content (AvgIpc) is 4.12. The van der Waals surface area contributed by atoms with Crippen LogP contribution in [0.25, 0.3) is 0 Å². The molecule has 6 aliphatic heterocycles. The standard InChI is InChI=1S/C42H74O36/c43-1-9(47)17(53)18(54)11(49)5-67-37-27(63)23(59)32(73-37)12(50)6-68-38-28(64)24(60)33(74-38)13(51)7-69-42-36(78-40-26(62)22(58)20(56)16(4-46)72-40)30(66)34(76-42)14(52)8-70-41-35(29(65)31(75-41)10(48)2-44)77-39-25(61)21(57)19(55)15(3-45)71-39/h9-66H,1-8H2/t9-,10+,11+,12+,13+,14+,15+,16+,17+,18-,19+,20+,21-,22-,23+,24+,25+,26+,27+,28+,29-,30-,31-,32-,33-,34-,35+,36+,37+,38+,39+,40+,41+,42+/m0/s1. The lowest BCUT2D eigenvalue weighted by Crippen LogP contribution is -2.60. The van der Waals surface area contributed by atoms with E-state index >= 15 is 0 Å². The first-order valence-corrected chi connectivity index (χ1v) is 24.6. The molecule has 0 radical (unpaired) electrons. The van der Waals surface area contributed by atoms with Crippen molar-refractivity contribution in [1.82, 2.24) is 0 Å². The lowest BCUT2D eigenvalue weighted by molar-refractivity contribution is -0.328. The Labute approximate surface area is 440 Å². The number of ether oxygens (including phenoxy) is 12. The van der Waals surface area contributed by atoms with E-state index in [2.05, 4.69) is 0 Å². The molecule has 0 bridgehead atoms. The van der Waals surface area contributed by atoms with Crippen LogP contribution >= 0.6 is 0 Å². The first kappa shape index (κ1) is 65.7. The Kier molecular flexibility index (Phi) is 24.3. The van der Waals surface area contributed by atoms with Gasteiger partial charge < -0.3 is 179 Å². The Morgan fingerprint density at radius 3 is 0.987 bits per heavy atom. The second-order valence-electron chi connectivity index (χ2n) is 19.5. The molecule has 6 saturated heterocycles. The smallest absolute Gasteiger partial charge is 0.187 e. The van der Waals surface area contributed by atoms with Crippen molar-refractivity contribution in [3.05, 3.63) is 0 Å². The highest BCUT2D eigenvalue weighted by Crippen LogP contribution is 2.36. The molecule has 458 valence electrons. The normalized spacial score (nSPS) is 46.5. The van der Waals surface area contributed by atoms with Crippen molar-refractivity contribution in [2.24, 2.45) is 0 Å². The summed E-state index contributed by atoms with van der Waals surface area (Å²) in [4.78, 5) is 0. The third-order valence-electron chi connectivity index (χ3n) is 14.0. The average molecular weight is 1160 g/mol. The van der Waals surface area contributed by atoms with E-state index in [1.165, 1.54) is 0 Å². The minimum Gasteiger partial charge on any atom is -0.394 e. The van der Waals surface area contributed by atoms with Crippen LogP contribution in [0.15, 0.2) is 0 Å². The number of rotatable bonds is 27. The van der Waals surface area contributed by atoms with Gasteiger partial charge in [-0.1, -0.05) is 0 Å². The Balaban J connectivity index is 1.08. The molecule has 0 spiro atoms. The molecule has 0 aliphatic carbocycles. The van der Waals surface area contributed by atoms with Crippen molar-refractivity contribution >= 4 is 0 Å². The molecule has 0 saturated carbocycles. The van der Waals surface area contributed by atoms with Crippen molar-refractivity contribution in [2.75, 3.05) is 52.9 Å². The fourth-order valence-corrected chi connectivity index (χ4v) is 9.26. The molecule has 36 nitrogen and oxygen atoms in total. The molecule has 0 unspecified atom stereocenters. The highest BCUT2D eigenvalue weighted by molar-refractivity contribution is 4.99. The van der Waals surface area contributed by atoms with Crippen LogP contribution in [-0.2, 0) is 56.8 Å². The van der Waals surface area contributed by atoms with Crippen molar-refractivity contribution < 1.29 is 179 Å². The van der Waals surface area contributed by atoms with Gasteiger partial charge in [-0.15, -0.1) is 0 Å². The van der Waals surface area contributed by atoms with Crippen molar-refractivity contribution in [2.45, 2.75) is 209 Å². The zero-order valence-electron chi connectivity index (χ0n) is 40.9. The van der Waals surface area contributed by atoms with Gasteiger partial charge in [-0.3, -0.25) is 0 Å². The Morgan fingerprint density at radius 2 is 0.615 bits per heavy atom. The summed E-state index contributed by atoms with van der Waals surface area (Å²) in [5.41, 5.74) is 0. The van der Waals surface area contributed by atoms with Gasteiger partial charge in [0.15, 0.2) is 37.7 Å². The van der Waals surface area contributed by atoms with Gasteiger partial charge in [-0.05, 0) is 0 Å². The van der Waals surface area contributed by atoms with E-state index < -0.39 is 262 Å². The highest BCUT2D eigenvalue weighted by atomic mass is 16.8. The molecule has 6 heterocycles. The third kappa shape index (κ3) is 14.5. The van der Waals surface area contributed by atoms with Gasteiger partial charge in [0.25, 0.3) is 0 Å². The van der Waals surface area contributed by atoms with Crippen LogP contribution in [0.1, 0.15) is 0 Å². The van der Waals surface area contributed by atoms with E-state index in [1.807, 2.05) is 0 Å². The largest absolute Gasteiger partial charge is 0.394 e. The predicted molar refractivity (Wildman–Crippen MR) is 234 cm³/mol. The van der Waals surface area contributed by atoms with Crippen LogP contribution in [-0.4, -0.2) is 384 Å². The van der Waals surface area contributed by atoms with Gasteiger partial charge in [-0.25, -0.2) is 0 Å². The molecular formula is C42H74O36. The molecular weight excluding hydrogens is 1080 g/mol. The maximum absolute atomic E-state index is 11.6. The third-order valence-corrected chi connectivity index (χ3v) is 14.0. The van der Waals surface area contributed by atoms with Gasteiger partial charge in [0.2, 0.25) is 0 Å². The van der Waals surface area contributed by atoms with Gasteiger partial charge in [-0.2, -0.15) is 0 Å². The van der Waals surface area contributed by atoms with E-state index in [1.54, 1.807) is 0 Å². The molecule has 0 amide bonds. The molecule has 78 heavy (non-hydrogen) atoms. The van der Waals surface area contributed by atoms with E-state index in [9.17, 15) is 117 Å². The monoisotopic (exact) mass is 1150 g/mol. The molecule has 6 rings (SSSR count). The van der Waals surface area contributed by atoms with Gasteiger partial charge in [0.05, 0.1) is 52.9 Å². The zero-order valence-corrected chi connectivity index (χ0v) is 40.9. The molecule has 6 aliphatic rings. The van der Waals surface area contributed by atoms with E-state index in [0.29, 0.717) is 0 Å². The maximum Gasteiger partial charge on any atom is 0.187 e. The fraction of sp³-hybridized carbons (Fsp3) is 1.00. The number of aliphatic hydroxyl groups is 24. The Hall–Kier alpha value is -1.44. The first-order valence-electron chi connectivity index (χ1n) is 24.6. The van der Waals surface area contributed by atoms with Crippen molar-refractivity contribution in [3.8, 4) is 0 Å². The maximum atomic E-state index is 11.6. The Bertz CT molecular complexity index is 1760. The lowest BCUT2D eigenvalue weighted by Gasteiger charge is -2.41. The summed E-state index contributed by atoms with van der Waals surface area (Å²) in [7, 11) is 0. The summed E-state index contributed by atoms with van der Waals surface area (Å²) in [6, 6.07) is 0. The Morgan fingerprint density at radius 1 is 0.295 bits per heavy atom. The molecule has 36 heteroatoms. The van der Waals surface area contributed by atoms with Crippen LogP contribution in [0.3, 0.4) is 0 Å². The number of hydrogen-bond acceptors (Lipinski definition) is 36. The second-order valence-corrected chi connectivity index (χ2v) is 19.5. The summed E-state index contributed by atoms with van der Waals surface area (Å²) in [5, 5.41) is 249. The van der Waals surface area contributed by atoms with E-state index in [0.717, 1.165) is 0 Å². The molecule has 34 atom stereocenters. The van der Waals surface area contributed by atoms with Crippen molar-refractivity contribution in [3.63, 3.8) is 0 Å². The van der Waals surface area contributed by atoms with Gasteiger partial charge in [0.1, 0.15) is 171 Å². The predicted octanol–water partition coefficient (Wildman–Crippen LogP) is -16.6. The van der Waals surface area contributed by atoms with Crippen molar-refractivity contribution in [1.29, 1.82) is 0 Å². The summed E-state index contributed by atoms with van der Waals surface area (Å²) < 4.78 is 66.0. The van der Waals surface area contributed by atoms with Crippen LogP contribution in [0, 0.1) is 0 Å². The van der Waals surface area contributed by atoms with Gasteiger partial charge >= 0.3 is 0 Å². The summed E-state index contributed by atoms with van der Waals surface area (Å²) >= 11 is 0. The van der Waals surface area contributed by atoms with Crippen LogP contribution in [0.4, 0.5) is 0 Å². The number of aliphatic hydroxyl groups excluding tert-OH is 24. The minimum atomic E-state index is -2.08. The van der Waals surface area contributed by atoms with E-state index in [4.69, 9.17) is 61.9 Å². The molecule has 0 aromatic carbocycles. The molecule has 24 N–H and O–H groups in total.